The third kappa shape index (κ3) is 3.45. The van der Waals surface area contributed by atoms with E-state index in [1.807, 2.05) is 0 Å². The van der Waals surface area contributed by atoms with E-state index in [0.29, 0.717) is 11.0 Å². The molecule has 9 heteroatoms. The number of halogens is 2. The minimum Gasteiger partial charge on any atom is -0.394 e. The Bertz CT molecular complexity index is 596. The van der Waals surface area contributed by atoms with Crippen LogP contribution in [0.4, 0.5) is 0 Å². The first-order valence-electron chi connectivity index (χ1n) is 6.03. The highest BCUT2D eigenvalue weighted by Gasteiger charge is 2.32. The Kier molecular flexibility index (Phi) is 5.36. The van der Waals surface area contributed by atoms with Crippen molar-refractivity contribution in [3.05, 3.63) is 26.9 Å². The van der Waals surface area contributed by atoms with E-state index in [1.54, 1.807) is 12.1 Å². The topological polar surface area (TPSA) is 130 Å². The quantitative estimate of drug-likeness (QED) is 0.405. The number of fused-ring (bicyclic) bond motifs is 1. The molecule has 0 saturated heterocycles. The third-order valence-corrected chi connectivity index (χ3v) is 4.92. The van der Waals surface area contributed by atoms with Crippen LogP contribution in [-0.2, 0) is 0 Å². The van der Waals surface area contributed by atoms with Crippen molar-refractivity contribution in [3.63, 3.8) is 0 Å². The maximum atomic E-state index is 10.0. The van der Waals surface area contributed by atoms with Crippen LogP contribution in [0.15, 0.2) is 21.1 Å². The maximum absolute atomic E-state index is 10.0. The minimum atomic E-state index is -1.70. The summed E-state index contributed by atoms with van der Waals surface area (Å²) in [7, 11) is 0. The summed E-state index contributed by atoms with van der Waals surface area (Å²) < 4.78 is 1.56. The summed E-state index contributed by atoms with van der Waals surface area (Å²) in [6.45, 7) is -0.731. The second-order valence-corrected chi connectivity index (χ2v) is 6.29. The third-order valence-electron chi connectivity index (χ3n) is 3.08. The summed E-state index contributed by atoms with van der Waals surface area (Å²) in [4.78, 5) is 6.96. The fourth-order valence-electron chi connectivity index (χ4n) is 1.85. The number of aromatic amines is 1. The first-order valence-corrected chi connectivity index (χ1v) is 7.61. The summed E-state index contributed by atoms with van der Waals surface area (Å²) in [5.41, 5.74) is 1.19. The standard InChI is InChI=1S/C12H14Br2N2O5/c13-4-1-6-7(2-5(4)14)16-12(15-6)11(21)10(20)9(19)8(18)3-17/h1-2,8-11,17-21H,3H2,(H,15,16)/t8-,9-,10+,11-/m1/s1. The summed E-state index contributed by atoms with van der Waals surface area (Å²) in [6.07, 6.45) is -6.48. The second-order valence-electron chi connectivity index (χ2n) is 4.58. The highest BCUT2D eigenvalue weighted by molar-refractivity contribution is 9.13. The molecule has 0 amide bonds. The van der Waals surface area contributed by atoms with Crippen molar-refractivity contribution in [2.75, 3.05) is 6.61 Å². The lowest BCUT2D eigenvalue weighted by atomic mass is 10.0. The number of nitrogens with zero attached hydrogens (tertiary/aromatic N) is 1. The van der Waals surface area contributed by atoms with Crippen LogP contribution in [0.1, 0.15) is 11.9 Å². The van der Waals surface area contributed by atoms with Gasteiger partial charge in [0.1, 0.15) is 30.2 Å². The lowest BCUT2D eigenvalue weighted by molar-refractivity contribution is -0.117. The molecule has 6 N–H and O–H groups in total. The molecule has 7 nitrogen and oxygen atoms in total. The Morgan fingerprint density at radius 1 is 1.05 bits per heavy atom. The minimum absolute atomic E-state index is 0.0479. The molecule has 0 bridgehead atoms. The second kappa shape index (κ2) is 6.69. The molecule has 0 fully saturated rings. The molecule has 1 heterocycles. The number of aliphatic hydroxyl groups excluding tert-OH is 5. The summed E-state index contributed by atoms with van der Waals surface area (Å²) in [5.74, 6) is 0.0479. The SMILES string of the molecule is OC[C@@H](O)[C@@H](O)[C@H](O)[C@@H](O)c1nc2cc(Br)c(Br)cc2[nH]1. The van der Waals surface area contributed by atoms with Crippen LogP contribution < -0.4 is 0 Å². The highest BCUT2D eigenvalue weighted by Crippen LogP contribution is 2.29. The molecule has 0 aliphatic heterocycles. The van der Waals surface area contributed by atoms with E-state index < -0.39 is 31.0 Å². The van der Waals surface area contributed by atoms with E-state index in [-0.39, 0.29) is 5.82 Å². The lowest BCUT2D eigenvalue weighted by Gasteiger charge is -2.24. The number of hydrogen-bond acceptors (Lipinski definition) is 6. The van der Waals surface area contributed by atoms with Crippen LogP contribution in [0.5, 0.6) is 0 Å². The zero-order valence-electron chi connectivity index (χ0n) is 10.6. The average Bonchev–Trinajstić information content (AvgIpc) is 2.87. The van der Waals surface area contributed by atoms with Crippen molar-refractivity contribution in [1.29, 1.82) is 0 Å². The zero-order valence-corrected chi connectivity index (χ0v) is 13.8. The highest BCUT2D eigenvalue weighted by atomic mass is 79.9. The van der Waals surface area contributed by atoms with Crippen LogP contribution in [0.3, 0.4) is 0 Å². The van der Waals surface area contributed by atoms with Gasteiger partial charge in [-0.25, -0.2) is 4.98 Å². The largest absolute Gasteiger partial charge is 0.394 e. The Morgan fingerprint density at radius 2 is 1.67 bits per heavy atom. The van der Waals surface area contributed by atoms with Crippen LogP contribution in [0, 0.1) is 0 Å². The number of nitrogens with one attached hydrogen (secondary N) is 1. The molecule has 0 unspecified atom stereocenters. The van der Waals surface area contributed by atoms with Crippen molar-refractivity contribution in [2.24, 2.45) is 0 Å². The van der Waals surface area contributed by atoms with Gasteiger partial charge in [-0.15, -0.1) is 0 Å². The first kappa shape index (κ1) is 16.8. The fraction of sp³-hybridized carbons (Fsp3) is 0.417. The molecule has 116 valence electrons. The number of benzene rings is 1. The molecule has 0 radical (unpaired) electrons. The van der Waals surface area contributed by atoms with Crippen molar-refractivity contribution >= 4 is 42.9 Å². The van der Waals surface area contributed by atoms with Gasteiger partial charge in [0.2, 0.25) is 0 Å². The molecule has 0 saturated carbocycles. The van der Waals surface area contributed by atoms with Gasteiger partial charge in [-0.05, 0) is 44.0 Å². The molecule has 4 atom stereocenters. The smallest absolute Gasteiger partial charge is 0.140 e. The van der Waals surface area contributed by atoms with Crippen LogP contribution in [-0.4, -0.2) is 60.4 Å². The number of aromatic nitrogens is 2. The molecule has 21 heavy (non-hydrogen) atoms. The van der Waals surface area contributed by atoms with Crippen molar-refractivity contribution in [2.45, 2.75) is 24.4 Å². The molecule has 0 spiro atoms. The van der Waals surface area contributed by atoms with Gasteiger partial charge in [0.25, 0.3) is 0 Å². The van der Waals surface area contributed by atoms with E-state index in [2.05, 4.69) is 41.8 Å². The maximum Gasteiger partial charge on any atom is 0.140 e. The van der Waals surface area contributed by atoms with Gasteiger partial charge in [-0.2, -0.15) is 0 Å². The van der Waals surface area contributed by atoms with Gasteiger partial charge >= 0.3 is 0 Å². The van der Waals surface area contributed by atoms with Crippen molar-refractivity contribution in [1.82, 2.24) is 9.97 Å². The first-order chi connectivity index (χ1) is 9.85. The lowest BCUT2D eigenvalue weighted by Crippen LogP contribution is -2.42. The Morgan fingerprint density at radius 3 is 2.29 bits per heavy atom. The predicted octanol–water partition coefficient (Wildman–Crippen LogP) is 0.196. The number of rotatable bonds is 5. The van der Waals surface area contributed by atoms with Gasteiger partial charge in [0, 0.05) is 8.95 Å². The Hall–Kier alpha value is -0.550. The normalized spacial score (nSPS) is 17.7. The van der Waals surface area contributed by atoms with E-state index in [9.17, 15) is 20.4 Å². The van der Waals surface area contributed by atoms with Crippen LogP contribution in [0.25, 0.3) is 11.0 Å². The fourth-order valence-corrected chi connectivity index (χ4v) is 2.52. The number of H-pyrrole nitrogens is 1. The Balaban J connectivity index is 2.28. The molecule has 1 aromatic heterocycles. The number of hydrogen-bond donors (Lipinski definition) is 6. The molecular weight excluding hydrogens is 412 g/mol. The van der Waals surface area contributed by atoms with E-state index in [0.717, 1.165) is 8.95 Å². The summed E-state index contributed by atoms with van der Waals surface area (Å²) >= 11 is 6.67. The average molecular weight is 426 g/mol. The van der Waals surface area contributed by atoms with E-state index >= 15 is 0 Å². The van der Waals surface area contributed by atoms with Crippen LogP contribution in [0.2, 0.25) is 0 Å². The molecular formula is C12H14Br2N2O5. The van der Waals surface area contributed by atoms with Crippen molar-refractivity contribution < 1.29 is 25.5 Å². The van der Waals surface area contributed by atoms with Gasteiger partial charge in [0.05, 0.1) is 17.6 Å². The van der Waals surface area contributed by atoms with Gasteiger partial charge in [-0.1, -0.05) is 0 Å². The van der Waals surface area contributed by atoms with E-state index in [4.69, 9.17) is 5.11 Å². The zero-order chi connectivity index (χ0) is 15.7. The molecule has 1 aromatic carbocycles. The summed E-state index contributed by atoms with van der Waals surface area (Å²) in [5, 5.41) is 47.5. The predicted molar refractivity (Wildman–Crippen MR) is 81.6 cm³/mol. The monoisotopic (exact) mass is 424 g/mol. The van der Waals surface area contributed by atoms with Crippen LogP contribution >= 0.6 is 31.9 Å². The van der Waals surface area contributed by atoms with Gasteiger partial charge in [-0.3, -0.25) is 0 Å². The molecule has 2 rings (SSSR count). The molecule has 0 aliphatic carbocycles. The van der Waals surface area contributed by atoms with Gasteiger partial charge < -0.3 is 30.5 Å². The number of imidazole rings is 1. The van der Waals surface area contributed by atoms with Crippen molar-refractivity contribution in [3.8, 4) is 0 Å². The molecule has 0 aliphatic rings. The van der Waals surface area contributed by atoms with E-state index in [1.165, 1.54) is 0 Å². The number of aliphatic hydroxyl groups is 5. The molecule has 2 aromatic rings. The van der Waals surface area contributed by atoms with Gasteiger partial charge in [0.15, 0.2) is 0 Å². The Labute approximate surface area is 136 Å². The summed E-state index contributed by atoms with van der Waals surface area (Å²) in [6, 6.07) is 3.46.